The van der Waals surface area contributed by atoms with Gasteiger partial charge in [-0.3, -0.25) is 4.79 Å². The van der Waals surface area contributed by atoms with Crippen LogP contribution < -0.4 is 15.6 Å². The summed E-state index contributed by atoms with van der Waals surface area (Å²) in [5, 5.41) is 8.54. The fraction of sp³-hybridized carbons (Fsp3) is 0.429. The molecule has 0 aromatic heterocycles. The van der Waals surface area contributed by atoms with Gasteiger partial charge < -0.3 is 5.73 Å². The quantitative estimate of drug-likeness (QED) is 0.262. The standard InChI is InChI=1S/C8H10AsNO5.C6H13NO/c1-7(11)10-14-9(12,15-13)8-5-3-2-4-6-8;1-2-3-4-5-6(7)8/h2-6,13H,1H3,(H,10,11);2-5H2,1H3,(H2,7,8). The van der Waals surface area contributed by atoms with Crippen molar-refractivity contribution in [2.24, 2.45) is 5.73 Å². The molecule has 2 amide bonds. The summed E-state index contributed by atoms with van der Waals surface area (Å²) in [4.78, 5) is 20.6. The third-order valence-corrected chi connectivity index (χ3v) is 5.62. The predicted octanol–water partition coefficient (Wildman–Crippen LogP) is 0.872. The van der Waals surface area contributed by atoms with Crippen molar-refractivity contribution in [3.8, 4) is 0 Å². The molecule has 1 aromatic rings. The van der Waals surface area contributed by atoms with Crippen LogP contribution in [-0.4, -0.2) is 31.2 Å². The fourth-order valence-corrected chi connectivity index (χ4v) is 3.54. The maximum absolute atomic E-state index is 11.8. The molecule has 1 rings (SSSR count). The molecule has 1 atom stereocenters. The average molecular weight is 390 g/mol. The molecule has 0 fully saturated rings. The molecule has 8 nitrogen and oxygen atoms in total. The van der Waals surface area contributed by atoms with Crippen molar-refractivity contribution in [2.75, 3.05) is 0 Å². The number of hydrogen-bond donors (Lipinski definition) is 3. The summed E-state index contributed by atoms with van der Waals surface area (Å²) in [5.41, 5.74) is 6.77. The minimum absolute atomic E-state index is 0.182. The molecule has 0 bridgehead atoms. The molecule has 0 saturated heterocycles. The molecule has 4 N–H and O–H groups in total. The van der Waals surface area contributed by atoms with E-state index in [0.717, 1.165) is 19.3 Å². The Bertz CT molecular complexity index is 523. The summed E-state index contributed by atoms with van der Waals surface area (Å²) in [6.07, 6.45) is 3.76. The Labute approximate surface area is 138 Å². The zero-order valence-electron chi connectivity index (χ0n) is 13.2. The first-order valence-electron chi connectivity index (χ1n) is 7.08. The van der Waals surface area contributed by atoms with Gasteiger partial charge in [0.15, 0.2) is 0 Å². The van der Waals surface area contributed by atoms with Gasteiger partial charge in [0.25, 0.3) is 0 Å². The van der Waals surface area contributed by atoms with Gasteiger partial charge in [0.05, 0.1) is 0 Å². The van der Waals surface area contributed by atoms with Crippen LogP contribution in [0.1, 0.15) is 39.5 Å². The van der Waals surface area contributed by atoms with Crippen molar-refractivity contribution < 1.29 is 26.3 Å². The molecule has 0 spiro atoms. The zero-order valence-corrected chi connectivity index (χ0v) is 15.1. The smallest absolute Gasteiger partial charge is 0.217 e. The average Bonchev–Trinajstić information content (AvgIpc) is 2.54. The SMILES string of the molecule is CC(=O)NO[As](=O)(OO)c1ccccc1.CCCCCC(N)=O. The van der Waals surface area contributed by atoms with Gasteiger partial charge in [-0.05, 0) is 6.42 Å². The van der Waals surface area contributed by atoms with Crippen LogP contribution in [0.15, 0.2) is 30.3 Å². The maximum atomic E-state index is 11.8. The van der Waals surface area contributed by atoms with Gasteiger partial charge in [0.1, 0.15) is 0 Å². The zero-order chi connectivity index (χ0) is 17.7. The number of primary amides is 1. The molecule has 0 radical (unpaired) electrons. The number of hydroxylamine groups is 1. The third-order valence-electron chi connectivity index (χ3n) is 2.52. The maximum Gasteiger partial charge on any atom is 0.217 e. The number of unbranched alkanes of at least 4 members (excludes halogenated alkanes) is 2. The summed E-state index contributed by atoms with van der Waals surface area (Å²) in [6, 6.07) is 7.87. The van der Waals surface area contributed by atoms with E-state index in [4.69, 9.17) is 11.0 Å². The second kappa shape index (κ2) is 11.9. The number of hydrogen-bond acceptors (Lipinski definition) is 6. The Kier molecular flexibility index (Phi) is 11.1. The third kappa shape index (κ3) is 9.91. The van der Waals surface area contributed by atoms with Crippen molar-refractivity contribution >= 4 is 30.3 Å². The number of rotatable bonds is 8. The van der Waals surface area contributed by atoms with Crippen molar-refractivity contribution in [2.45, 2.75) is 39.5 Å². The first kappa shape index (κ1) is 21.4. The van der Waals surface area contributed by atoms with Gasteiger partial charge >= 0.3 is 88.7 Å². The molecule has 0 aliphatic heterocycles. The molecule has 9 heteroatoms. The molecule has 0 aliphatic rings. The summed E-state index contributed by atoms with van der Waals surface area (Å²) < 4.78 is 20.5. The van der Waals surface area contributed by atoms with E-state index in [-0.39, 0.29) is 10.3 Å². The monoisotopic (exact) mass is 390 g/mol. The predicted molar refractivity (Wildman–Crippen MR) is 84.5 cm³/mol. The molecular formula is C14H23AsN2O6. The van der Waals surface area contributed by atoms with Crippen LogP contribution in [0.5, 0.6) is 0 Å². The van der Waals surface area contributed by atoms with Crippen LogP contribution in [0, 0.1) is 0 Å². The first-order chi connectivity index (χ1) is 10.9. The number of carbonyl (C=O) groups excluding carboxylic acids is 2. The molecular weight excluding hydrogens is 367 g/mol. The van der Waals surface area contributed by atoms with E-state index in [1.54, 1.807) is 18.2 Å². The summed E-state index contributed by atoms with van der Waals surface area (Å²) in [7, 11) is 0. The minimum atomic E-state index is -4.55. The van der Waals surface area contributed by atoms with Gasteiger partial charge in [-0.25, -0.2) is 0 Å². The van der Waals surface area contributed by atoms with Crippen molar-refractivity contribution in [1.29, 1.82) is 0 Å². The van der Waals surface area contributed by atoms with Gasteiger partial charge in [-0.2, -0.15) is 0 Å². The molecule has 130 valence electrons. The second-order valence-corrected chi connectivity index (χ2v) is 8.48. The van der Waals surface area contributed by atoms with Crippen molar-refractivity contribution in [3.63, 3.8) is 0 Å². The van der Waals surface area contributed by atoms with E-state index in [1.807, 2.05) is 5.48 Å². The molecule has 0 heterocycles. The van der Waals surface area contributed by atoms with Gasteiger partial charge in [-0.1, -0.05) is 19.8 Å². The molecule has 0 aliphatic carbocycles. The van der Waals surface area contributed by atoms with Crippen molar-refractivity contribution in [3.05, 3.63) is 30.3 Å². The summed E-state index contributed by atoms with van der Waals surface area (Å²) >= 11 is -4.55. The van der Waals surface area contributed by atoms with Gasteiger partial charge in [0, 0.05) is 6.42 Å². The van der Waals surface area contributed by atoms with E-state index in [9.17, 15) is 13.3 Å². The van der Waals surface area contributed by atoms with Gasteiger partial charge in [0.2, 0.25) is 5.91 Å². The number of nitrogens with two attached hydrogens (primary N) is 1. The number of amides is 2. The van der Waals surface area contributed by atoms with E-state index in [1.165, 1.54) is 19.1 Å². The van der Waals surface area contributed by atoms with E-state index >= 15 is 0 Å². The summed E-state index contributed by atoms with van der Waals surface area (Å²) in [5.74, 6) is -0.719. The van der Waals surface area contributed by atoms with Crippen LogP contribution >= 0.6 is 0 Å². The fourth-order valence-electron chi connectivity index (χ4n) is 1.40. The van der Waals surface area contributed by atoms with Crippen molar-refractivity contribution in [1.82, 2.24) is 5.48 Å². The topological polar surface area (TPSA) is 128 Å². The van der Waals surface area contributed by atoms with E-state index in [2.05, 4.69) is 14.6 Å². The van der Waals surface area contributed by atoms with Crippen LogP contribution in [-0.2, 0) is 21.0 Å². The number of benzene rings is 1. The molecule has 1 unspecified atom stereocenters. The summed E-state index contributed by atoms with van der Waals surface area (Å²) in [6.45, 7) is 3.28. The normalized spacial score (nSPS) is 12.5. The Morgan fingerprint density at radius 2 is 1.87 bits per heavy atom. The Balaban J connectivity index is 0.000000515. The Morgan fingerprint density at radius 1 is 1.26 bits per heavy atom. The molecule has 23 heavy (non-hydrogen) atoms. The van der Waals surface area contributed by atoms with E-state index < -0.39 is 20.1 Å². The Morgan fingerprint density at radius 3 is 2.30 bits per heavy atom. The minimum Gasteiger partial charge on any atom is -0.370 e. The molecule has 0 saturated carbocycles. The van der Waals surface area contributed by atoms with Crippen LogP contribution in [0.2, 0.25) is 0 Å². The number of carbonyl (C=O) groups is 2. The Hall–Kier alpha value is -1.60. The first-order valence-corrected chi connectivity index (χ1v) is 10.3. The second-order valence-electron chi connectivity index (χ2n) is 4.59. The largest absolute Gasteiger partial charge is 0.370 e. The van der Waals surface area contributed by atoms with Gasteiger partial charge in [-0.15, -0.1) is 0 Å². The number of nitrogens with one attached hydrogen (secondary N) is 1. The van der Waals surface area contributed by atoms with Crippen LogP contribution in [0.25, 0.3) is 0 Å². The van der Waals surface area contributed by atoms with E-state index in [0.29, 0.717) is 6.42 Å². The molecule has 1 aromatic carbocycles. The van der Waals surface area contributed by atoms with Crippen LogP contribution in [0.3, 0.4) is 0 Å². The van der Waals surface area contributed by atoms with Crippen LogP contribution in [0.4, 0.5) is 0 Å².